The van der Waals surface area contributed by atoms with Crippen LogP contribution in [0.25, 0.3) is 5.70 Å². The average molecular weight is 446 g/mol. The smallest absolute Gasteiger partial charge is 0.261 e. The Balaban J connectivity index is 1.53. The van der Waals surface area contributed by atoms with Crippen LogP contribution in [0.15, 0.2) is 84.9 Å². The van der Waals surface area contributed by atoms with Crippen LogP contribution >= 0.6 is 11.6 Å². The summed E-state index contributed by atoms with van der Waals surface area (Å²) in [4.78, 5) is 17.0. The number of anilines is 2. The van der Waals surface area contributed by atoms with Gasteiger partial charge < -0.3 is 5.32 Å². The van der Waals surface area contributed by atoms with Gasteiger partial charge in [0.2, 0.25) is 5.95 Å². The van der Waals surface area contributed by atoms with E-state index in [0.717, 1.165) is 16.8 Å². The van der Waals surface area contributed by atoms with E-state index in [9.17, 15) is 9.18 Å². The zero-order valence-electron chi connectivity index (χ0n) is 16.7. The number of amides is 1. The minimum atomic E-state index is -0.628. The predicted octanol–water partition coefficient (Wildman–Crippen LogP) is 5.38. The summed E-state index contributed by atoms with van der Waals surface area (Å²) in [6.45, 7) is 0. The van der Waals surface area contributed by atoms with Gasteiger partial charge in [0.05, 0.1) is 5.56 Å². The maximum absolute atomic E-state index is 14.0. The number of hydrogen-bond donors (Lipinski definition) is 2. The molecule has 8 heteroatoms. The third kappa shape index (κ3) is 3.74. The van der Waals surface area contributed by atoms with Crippen molar-refractivity contribution in [3.05, 3.63) is 112 Å². The molecule has 1 atom stereocenters. The molecule has 2 N–H and O–H groups in total. The SMILES string of the molecule is O=C(Nc1nc2n(n1)[C@@H](c1ccccc1Cl)C=C(c1ccccc1)N2)c1ccccc1F. The van der Waals surface area contributed by atoms with Gasteiger partial charge in [0, 0.05) is 10.7 Å². The number of carbonyl (C=O) groups is 1. The number of hydrogen-bond acceptors (Lipinski definition) is 4. The highest BCUT2D eigenvalue weighted by atomic mass is 35.5. The van der Waals surface area contributed by atoms with Crippen LogP contribution in [-0.2, 0) is 0 Å². The van der Waals surface area contributed by atoms with Crippen LogP contribution in [0, 0.1) is 5.82 Å². The fourth-order valence-electron chi connectivity index (χ4n) is 3.58. The summed E-state index contributed by atoms with van der Waals surface area (Å²) in [5, 5.41) is 10.9. The highest BCUT2D eigenvalue weighted by molar-refractivity contribution is 6.31. The van der Waals surface area contributed by atoms with Crippen LogP contribution < -0.4 is 10.6 Å². The molecule has 0 radical (unpaired) electrons. The highest BCUT2D eigenvalue weighted by Crippen LogP contribution is 2.35. The number of fused-ring (bicyclic) bond motifs is 1. The molecule has 6 nitrogen and oxygen atoms in total. The summed E-state index contributed by atoms with van der Waals surface area (Å²) in [5.41, 5.74) is 2.55. The summed E-state index contributed by atoms with van der Waals surface area (Å²) >= 11 is 6.48. The maximum Gasteiger partial charge on any atom is 0.261 e. The number of halogens is 2. The molecule has 158 valence electrons. The van der Waals surface area contributed by atoms with Crippen LogP contribution in [0.1, 0.15) is 27.5 Å². The zero-order chi connectivity index (χ0) is 22.1. The Hall–Kier alpha value is -3.97. The first-order chi connectivity index (χ1) is 15.6. The van der Waals surface area contributed by atoms with Crippen molar-refractivity contribution in [2.24, 2.45) is 0 Å². The number of aromatic nitrogens is 3. The maximum atomic E-state index is 14.0. The lowest BCUT2D eigenvalue weighted by Crippen LogP contribution is -2.20. The van der Waals surface area contributed by atoms with Gasteiger partial charge in [0.25, 0.3) is 11.9 Å². The molecule has 0 bridgehead atoms. The normalized spacial score (nSPS) is 14.8. The molecule has 0 fully saturated rings. The van der Waals surface area contributed by atoms with Crippen molar-refractivity contribution in [3.8, 4) is 0 Å². The van der Waals surface area contributed by atoms with Gasteiger partial charge in [-0.15, -0.1) is 5.10 Å². The molecular weight excluding hydrogens is 429 g/mol. The monoisotopic (exact) mass is 445 g/mol. The van der Waals surface area contributed by atoms with Crippen LogP contribution in [0.4, 0.5) is 16.3 Å². The van der Waals surface area contributed by atoms with Gasteiger partial charge in [-0.25, -0.2) is 9.07 Å². The topological polar surface area (TPSA) is 71.8 Å². The second kappa shape index (κ2) is 8.28. The number of allylic oxidation sites excluding steroid dienone is 1. The summed E-state index contributed by atoms with van der Waals surface area (Å²) < 4.78 is 15.6. The molecule has 0 saturated carbocycles. The largest absolute Gasteiger partial charge is 0.324 e. The van der Waals surface area contributed by atoms with E-state index in [1.807, 2.05) is 60.7 Å². The van der Waals surface area contributed by atoms with Gasteiger partial charge in [0.1, 0.15) is 11.9 Å². The molecule has 0 spiro atoms. The predicted molar refractivity (Wildman–Crippen MR) is 122 cm³/mol. The van der Waals surface area contributed by atoms with Crippen LogP contribution in [0.3, 0.4) is 0 Å². The lowest BCUT2D eigenvalue weighted by atomic mass is 10.0. The number of carbonyl (C=O) groups excluding carboxylic acids is 1. The number of nitrogens with zero attached hydrogens (tertiary/aromatic N) is 3. The Morgan fingerprint density at radius 1 is 1.00 bits per heavy atom. The van der Waals surface area contributed by atoms with Crippen molar-refractivity contribution in [1.29, 1.82) is 0 Å². The van der Waals surface area contributed by atoms with Crippen molar-refractivity contribution in [2.75, 3.05) is 10.6 Å². The molecule has 1 aliphatic rings. The molecule has 1 amide bonds. The van der Waals surface area contributed by atoms with E-state index < -0.39 is 11.7 Å². The zero-order valence-corrected chi connectivity index (χ0v) is 17.4. The Kier molecular flexibility index (Phi) is 5.17. The number of rotatable bonds is 4. The summed E-state index contributed by atoms with van der Waals surface area (Å²) in [6, 6.07) is 22.7. The van der Waals surface area contributed by atoms with Crippen molar-refractivity contribution >= 4 is 35.1 Å². The van der Waals surface area contributed by atoms with E-state index in [0.29, 0.717) is 11.0 Å². The Morgan fingerprint density at radius 2 is 1.72 bits per heavy atom. The molecule has 0 unspecified atom stereocenters. The molecule has 1 aliphatic heterocycles. The van der Waals surface area contributed by atoms with Gasteiger partial charge in [-0.3, -0.25) is 10.1 Å². The number of benzene rings is 3. The van der Waals surface area contributed by atoms with Crippen LogP contribution in [0.5, 0.6) is 0 Å². The van der Waals surface area contributed by atoms with Gasteiger partial charge >= 0.3 is 0 Å². The summed E-state index contributed by atoms with van der Waals surface area (Å²) in [5.74, 6) is -0.758. The molecule has 2 heterocycles. The van der Waals surface area contributed by atoms with Crippen LogP contribution in [0.2, 0.25) is 5.02 Å². The van der Waals surface area contributed by atoms with Crippen LogP contribution in [-0.4, -0.2) is 20.7 Å². The van der Waals surface area contributed by atoms with E-state index in [-0.39, 0.29) is 17.6 Å². The molecule has 0 aliphatic carbocycles. The second-order valence-electron chi connectivity index (χ2n) is 7.18. The van der Waals surface area contributed by atoms with E-state index in [2.05, 4.69) is 20.7 Å². The van der Waals surface area contributed by atoms with Crippen molar-refractivity contribution in [3.63, 3.8) is 0 Å². The first-order valence-corrected chi connectivity index (χ1v) is 10.3. The highest BCUT2D eigenvalue weighted by Gasteiger charge is 2.27. The van der Waals surface area contributed by atoms with E-state index in [4.69, 9.17) is 11.6 Å². The Labute approximate surface area is 188 Å². The van der Waals surface area contributed by atoms with Crippen molar-refractivity contribution in [1.82, 2.24) is 14.8 Å². The van der Waals surface area contributed by atoms with Crippen molar-refractivity contribution in [2.45, 2.75) is 6.04 Å². The molecule has 32 heavy (non-hydrogen) atoms. The average Bonchev–Trinajstić information content (AvgIpc) is 3.22. The number of nitrogens with one attached hydrogen (secondary N) is 2. The van der Waals surface area contributed by atoms with E-state index >= 15 is 0 Å². The van der Waals surface area contributed by atoms with Gasteiger partial charge in [-0.1, -0.05) is 72.3 Å². The molecular formula is C24H17ClFN5O. The molecule has 3 aromatic carbocycles. The second-order valence-corrected chi connectivity index (χ2v) is 7.58. The lowest BCUT2D eigenvalue weighted by Gasteiger charge is -2.24. The minimum absolute atomic E-state index is 0.0560. The molecule has 0 saturated heterocycles. The third-order valence-corrected chi connectivity index (χ3v) is 5.46. The van der Waals surface area contributed by atoms with Crippen molar-refractivity contribution < 1.29 is 9.18 Å². The van der Waals surface area contributed by atoms with E-state index in [1.165, 1.54) is 18.2 Å². The summed E-state index contributed by atoms with van der Waals surface area (Å²) in [6.07, 6.45) is 2.00. The molecule has 5 rings (SSSR count). The minimum Gasteiger partial charge on any atom is -0.324 e. The standard InChI is InChI=1S/C24H17ClFN5O/c25-18-12-6-4-10-16(18)21-14-20(15-8-2-1-3-9-15)27-24-29-23(30-31(21)24)28-22(32)17-11-5-7-13-19(17)26/h1-14,21H,(H2,27,28,29,30,32)/t21-/m1/s1. The van der Waals surface area contributed by atoms with Gasteiger partial charge in [-0.05, 0) is 35.4 Å². The lowest BCUT2D eigenvalue weighted by molar-refractivity contribution is 0.102. The van der Waals surface area contributed by atoms with E-state index in [1.54, 1.807) is 10.7 Å². The fourth-order valence-corrected chi connectivity index (χ4v) is 3.83. The first kappa shape index (κ1) is 20.0. The first-order valence-electron chi connectivity index (χ1n) is 9.91. The molecule has 4 aromatic rings. The Morgan fingerprint density at radius 3 is 2.50 bits per heavy atom. The van der Waals surface area contributed by atoms with Gasteiger partial charge in [-0.2, -0.15) is 4.98 Å². The van der Waals surface area contributed by atoms with Gasteiger partial charge in [0.15, 0.2) is 0 Å². The quantitative estimate of drug-likeness (QED) is 0.442. The third-order valence-electron chi connectivity index (χ3n) is 5.12. The Bertz CT molecular complexity index is 1340. The fraction of sp³-hybridized carbons (Fsp3) is 0.0417. The molecule has 1 aromatic heterocycles. The summed E-state index contributed by atoms with van der Waals surface area (Å²) in [7, 11) is 0.